The third-order valence-corrected chi connectivity index (χ3v) is 5.08. The summed E-state index contributed by atoms with van der Waals surface area (Å²) in [5.41, 5.74) is 0.612. The minimum Gasteiger partial charge on any atom is -0.396 e. The summed E-state index contributed by atoms with van der Waals surface area (Å²) >= 11 is 0. The van der Waals surface area contributed by atoms with Gasteiger partial charge in [-0.05, 0) is 25.3 Å². The standard InChI is InChI=1S/C18H26N4O2/c1-2-22-14-19-20-17(22)11-21-9-8-16(24)18(12-21,13-23)10-15-6-4-3-5-7-15/h3-7,14,16,23-24H,2,8-13H2,1H3/t16-,18+/m0/s1. The summed E-state index contributed by atoms with van der Waals surface area (Å²) in [7, 11) is 0. The van der Waals surface area contributed by atoms with Gasteiger partial charge in [-0.1, -0.05) is 30.3 Å². The molecule has 1 aromatic heterocycles. The van der Waals surface area contributed by atoms with Crippen molar-refractivity contribution < 1.29 is 10.2 Å². The van der Waals surface area contributed by atoms with Crippen LogP contribution in [0.25, 0.3) is 0 Å². The smallest absolute Gasteiger partial charge is 0.146 e. The first-order chi connectivity index (χ1) is 11.7. The second kappa shape index (κ2) is 7.42. The zero-order chi connectivity index (χ0) is 17.0. The topological polar surface area (TPSA) is 74.4 Å². The lowest BCUT2D eigenvalue weighted by molar-refractivity contribution is -0.0775. The largest absolute Gasteiger partial charge is 0.396 e. The summed E-state index contributed by atoms with van der Waals surface area (Å²) in [4.78, 5) is 2.27. The van der Waals surface area contributed by atoms with Crippen LogP contribution in [-0.4, -0.2) is 55.7 Å². The molecule has 6 nitrogen and oxygen atoms in total. The number of rotatable bonds is 6. The Kier molecular flexibility index (Phi) is 5.28. The summed E-state index contributed by atoms with van der Waals surface area (Å²) in [6.07, 6.45) is 2.58. The molecule has 0 aliphatic carbocycles. The molecule has 0 radical (unpaired) electrons. The van der Waals surface area contributed by atoms with Gasteiger partial charge in [0.05, 0.1) is 19.3 Å². The van der Waals surface area contributed by atoms with Crippen LogP contribution in [0, 0.1) is 5.41 Å². The molecule has 0 spiro atoms. The number of piperidine rings is 1. The fourth-order valence-electron chi connectivity index (χ4n) is 3.63. The van der Waals surface area contributed by atoms with E-state index in [0.29, 0.717) is 25.9 Å². The molecule has 2 N–H and O–H groups in total. The maximum absolute atomic E-state index is 10.6. The first-order valence-corrected chi connectivity index (χ1v) is 8.59. The fraction of sp³-hybridized carbons (Fsp3) is 0.556. The van der Waals surface area contributed by atoms with Crippen molar-refractivity contribution in [1.82, 2.24) is 19.7 Å². The van der Waals surface area contributed by atoms with E-state index in [1.807, 2.05) is 22.8 Å². The predicted molar refractivity (Wildman–Crippen MR) is 91.3 cm³/mol. The second-order valence-corrected chi connectivity index (χ2v) is 6.73. The van der Waals surface area contributed by atoms with Crippen LogP contribution in [0.3, 0.4) is 0 Å². The van der Waals surface area contributed by atoms with E-state index in [0.717, 1.165) is 24.5 Å². The van der Waals surface area contributed by atoms with Crippen molar-refractivity contribution in [3.63, 3.8) is 0 Å². The Hall–Kier alpha value is -1.76. The molecule has 0 amide bonds. The van der Waals surface area contributed by atoms with E-state index in [-0.39, 0.29) is 6.61 Å². The Bertz CT molecular complexity index is 645. The van der Waals surface area contributed by atoms with Gasteiger partial charge in [0.15, 0.2) is 0 Å². The zero-order valence-corrected chi connectivity index (χ0v) is 14.2. The van der Waals surface area contributed by atoms with Gasteiger partial charge >= 0.3 is 0 Å². The molecule has 2 aromatic rings. The normalized spacial score (nSPS) is 25.0. The molecule has 1 saturated heterocycles. The number of aliphatic hydroxyl groups is 2. The van der Waals surface area contributed by atoms with Gasteiger partial charge in [0.2, 0.25) is 0 Å². The highest BCUT2D eigenvalue weighted by Crippen LogP contribution is 2.34. The molecule has 0 bridgehead atoms. The molecule has 130 valence electrons. The van der Waals surface area contributed by atoms with E-state index in [2.05, 4.69) is 34.2 Å². The maximum atomic E-state index is 10.6. The van der Waals surface area contributed by atoms with Crippen molar-refractivity contribution in [3.05, 3.63) is 48.0 Å². The molecular weight excluding hydrogens is 304 g/mol. The lowest BCUT2D eigenvalue weighted by Crippen LogP contribution is -2.54. The molecule has 1 aliphatic heterocycles. The van der Waals surface area contributed by atoms with Crippen LogP contribution in [0.4, 0.5) is 0 Å². The Balaban J connectivity index is 1.76. The van der Waals surface area contributed by atoms with E-state index >= 15 is 0 Å². The van der Waals surface area contributed by atoms with Crippen molar-refractivity contribution >= 4 is 0 Å². The van der Waals surface area contributed by atoms with Crippen LogP contribution >= 0.6 is 0 Å². The minimum atomic E-state index is -0.531. The van der Waals surface area contributed by atoms with Gasteiger partial charge in [0, 0.05) is 25.0 Å². The summed E-state index contributed by atoms with van der Waals surface area (Å²) in [5.74, 6) is 0.931. The third kappa shape index (κ3) is 3.50. The highest BCUT2D eigenvalue weighted by Gasteiger charge is 2.42. The van der Waals surface area contributed by atoms with Crippen LogP contribution in [0.2, 0.25) is 0 Å². The van der Waals surface area contributed by atoms with E-state index in [1.54, 1.807) is 6.33 Å². The number of aryl methyl sites for hydroxylation is 1. The first kappa shape index (κ1) is 17.1. The highest BCUT2D eigenvalue weighted by molar-refractivity contribution is 5.18. The molecular formula is C18H26N4O2. The number of likely N-dealkylation sites (tertiary alicyclic amines) is 1. The molecule has 2 atom stereocenters. The van der Waals surface area contributed by atoms with Gasteiger partial charge in [-0.2, -0.15) is 0 Å². The minimum absolute atomic E-state index is 0.0277. The van der Waals surface area contributed by atoms with Crippen LogP contribution in [0.15, 0.2) is 36.7 Å². The lowest BCUT2D eigenvalue weighted by Gasteiger charge is -2.45. The maximum Gasteiger partial charge on any atom is 0.146 e. The molecule has 3 rings (SSSR count). The summed E-state index contributed by atoms with van der Waals surface area (Å²) < 4.78 is 2.03. The van der Waals surface area contributed by atoms with Gasteiger partial charge in [-0.15, -0.1) is 10.2 Å². The van der Waals surface area contributed by atoms with Gasteiger partial charge in [-0.3, -0.25) is 4.90 Å². The summed E-state index contributed by atoms with van der Waals surface area (Å²) in [6, 6.07) is 10.1. The highest BCUT2D eigenvalue weighted by atomic mass is 16.3. The number of hydrogen-bond donors (Lipinski definition) is 2. The Labute approximate surface area is 142 Å². The fourth-order valence-corrected chi connectivity index (χ4v) is 3.63. The Morgan fingerprint density at radius 3 is 2.79 bits per heavy atom. The third-order valence-electron chi connectivity index (χ3n) is 5.08. The lowest BCUT2D eigenvalue weighted by atomic mass is 9.73. The van der Waals surface area contributed by atoms with Crippen LogP contribution in [0.1, 0.15) is 24.7 Å². The van der Waals surface area contributed by atoms with Crippen molar-refractivity contribution in [2.45, 2.75) is 39.0 Å². The van der Waals surface area contributed by atoms with Gasteiger partial charge in [0.25, 0.3) is 0 Å². The number of aliphatic hydroxyl groups excluding tert-OH is 2. The van der Waals surface area contributed by atoms with Crippen LogP contribution in [-0.2, 0) is 19.5 Å². The Morgan fingerprint density at radius 1 is 1.29 bits per heavy atom. The molecule has 1 aromatic carbocycles. The summed E-state index contributed by atoms with van der Waals surface area (Å²) in [6.45, 7) is 5.02. The Morgan fingerprint density at radius 2 is 2.08 bits per heavy atom. The number of aromatic nitrogens is 3. The van der Waals surface area contributed by atoms with Gasteiger partial charge in [-0.25, -0.2) is 0 Å². The molecule has 0 unspecified atom stereocenters. The van der Waals surface area contributed by atoms with Gasteiger partial charge < -0.3 is 14.8 Å². The molecule has 2 heterocycles. The van der Waals surface area contributed by atoms with Gasteiger partial charge in [0.1, 0.15) is 12.2 Å². The number of nitrogens with zero attached hydrogens (tertiary/aromatic N) is 4. The molecule has 1 aliphatic rings. The van der Waals surface area contributed by atoms with E-state index in [4.69, 9.17) is 0 Å². The monoisotopic (exact) mass is 330 g/mol. The van der Waals surface area contributed by atoms with E-state index in [1.165, 1.54) is 0 Å². The SMILES string of the molecule is CCn1cnnc1CN1CC[C@H](O)[C@](CO)(Cc2ccccc2)C1. The average molecular weight is 330 g/mol. The quantitative estimate of drug-likeness (QED) is 0.829. The first-order valence-electron chi connectivity index (χ1n) is 8.59. The number of benzene rings is 1. The van der Waals surface area contributed by atoms with E-state index in [9.17, 15) is 10.2 Å². The van der Waals surface area contributed by atoms with Crippen LogP contribution in [0.5, 0.6) is 0 Å². The average Bonchev–Trinajstić information content (AvgIpc) is 3.06. The molecule has 1 fully saturated rings. The zero-order valence-electron chi connectivity index (χ0n) is 14.2. The van der Waals surface area contributed by atoms with Crippen molar-refractivity contribution in [2.75, 3.05) is 19.7 Å². The van der Waals surface area contributed by atoms with Crippen molar-refractivity contribution in [1.29, 1.82) is 0 Å². The molecule has 6 heteroatoms. The van der Waals surface area contributed by atoms with Crippen molar-refractivity contribution in [2.24, 2.45) is 5.41 Å². The van der Waals surface area contributed by atoms with E-state index < -0.39 is 11.5 Å². The second-order valence-electron chi connectivity index (χ2n) is 6.73. The molecule has 24 heavy (non-hydrogen) atoms. The summed E-state index contributed by atoms with van der Waals surface area (Å²) in [5, 5.41) is 28.9. The molecule has 0 saturated carbocycles. The predicted octanol–water partition coefficient (Wildman–Crippen LogP) is 1.09. The van der Waals surface area contributed by atoms with Crippen LogP contribution < -0.4 is 0 Å². The van der Waals surface area contributed by atoms with Crippen molar-refractivity contribution in [3.8, 4) is 0 Å². The number of hydrogen-bond acceptors (Lipinski definition) is 5.